The second-order valence-electron chi connectivity index (χ2n) is 9.99. The summed E-state index contributed by atoms with van der Waals surface area (Å²) in [6, 6.07) is 5.15. The van der Waals surface area contributed by atoms with E-state index in [-0.39, 0.29) is 16.7 Å². The molecule has 10 heteroatoms. The van der Waals surface area contributed by atoms with Gasteiger partial charge < -0.3 is 14.8 Å². The van der Waals surface area contributed by atoms with Crippen LogP contribution in [-0.4, -0.2) is 67.0 Å². The minimum Gasteiger partial charge on any atom is -0.474 e. The monoisotopic (exact) mass is 504 g/mol. The first-order valence-corrected chi connectivity index (χ1v) is 14.3. The van der Waals surface area contributed by atoms with Crippen molar-refractivity contribution in [1.82, 2.24) is 14.9 Å². The number of ether oxygens (including phenoxy) is 2. The average Bonchev–Trinajstić information content (AvgIpc) is 2.82. The molecule has 1 N–H and O–H groups in total. The summed E-state index contributed by atoms with van der Waals surface area (Å²) in [5.74, 6) is 0.228. The summed E-state index contributed by atoms with van der Waals surface area (Å²) >= 11 is 0. The van der Waals surface area contributed by atoms with E-state index in [2.05, 4.69) is 20.2 Å². The van der Waals surface area contributed by atoms with Crippen molar-refractivity contribution in [3.05, 3.63) is 35.9 Å². The third-order valence-corrected chi connectivity index (χ3v) is 8.58. The van der Waals surface area contributed by atoms with E-state index in [1.54, 1.807) is 0 Å². The van der Waals surface area contributed by atoms with E-state index in [0.29, 0.717) is 35.4 Å². The SMILES string of the molecule is Cc1c(Nc2ccc(S(C)(=O)=O)cc2F)ncnc1OC1CC2COC[C@@H](C1)N2C1CCCCC1. The largest absolute Gasteiger partial charge is 0.474 e. The average molecular weight is 505 g/mol. The summed E-state index contributed by atoms with van der Waals surface area (Å²) in [7, 11) is -3.49. The van der Waals surface area contributed by atoms with Crippen molar-refractivity contribution < 1.29 is 22.3 Å². The number of benzene rings is 1. The quantitative estimate of drug-likeness (QED) is 0.631. The molecular formula is C25H33FN4O4S. The van der Waals surface area contributed by atoms with Gasteiger partial charge in [-0.2, -0.15) is 0 Å². The van der Waals surface area contributed by atoms with Gasteiger partial charge in [0.1, 0.15) is 24.1 Å². The number of nitrogens with zero attached hydrogens (tertiary/aromatic N) is 3. The Hall–Kier alpha value is -2.30. The lowest BCUT2D eigenvalue weighted by Gasteiger charge is -2.52. The Bertz CT molecular complexity index is 1160. The summed E-state index contributed by atoms with van der Waals surface area (Å²) in [4.78, 5) is 11.3. The van der Waals surface area contributed by atoms with E-state index in [1.165, 1.54) is 50.6 Å². The van der Waals surface area contributed by atoms with Crippen LogP contribution in [0, 0.1) is 12.7 Å². The van der Waals surface area contributed by atoms with Crippen molar-refractivity contribution in [2.45, 2.75) is 81.0 Å². The Morgan fingerprint density at radius 3 is 2.46 bits per heavy atom. The molecule has 0 amide bonds. The number of hydrogen-bond donors (Lipinski definition) is 1. The molecule has 1 saturated carbocycles. The number of sulfone groups is 1. The Kier molecular flexibility index (Phi) is 6.96. The molecule has 2 aromatic rings. The van der Waals surface area contributed by atoms with E-state index in [9.17, 15) is 12.8 Å². The van der Waals surface area contributed by atoms with Crippen LogP contribution < -0.4 is 10.1 Å². The first-order chi connectivity index (χ1) is 16.8. The van der Waals surface area contributed by atoms with Gasteiger partial charge in [0.2, 0.25) is 5.88 Å². The van der Waals surface area contributed by atoms with Crippen LogP contribution >= 0.6 is 0 Å². The van der Waals surface area contributed by atoms with Gasteiger partial charge in [-0.3, -0.25) is 4.90 Å². The second-order valence-corrected chi connectivity index (χ2v) is 12.0. The van der Waals surface area contributed by atoms with Crippen molar-refractivity contribution in [1.29, 1.82) is 0 Å². The van der Waals surface area contributed by atoms with E-state index in [0.717, 1.165) is 38.4 Å². The molecule has 3 atom stereocenters. The summed E-state index contributed by atoms with van der Waals surface area (Å²) in [5.41, 5.74) is 0.813. The van der Waals surface area contributed by atoms with Crippen LogP contribution in [0.5, 0.6) is 5.88 Å². The summed E-state index contributed by atoms with van der Waals surface area (Å²) < 4.78 is 50.2. The first-order valence-electron chi connectivity index (χ1n) is 12.4. The maximum Gasteiger partial charge on any atom is 0.221 e. The van der Waals surface area contributed by atoms with Crippen LogP contribution in [0.2, 0.25) is 0 Å². The highest BCUT2D eigenvalue weighted by Gasteiger charge is 2.43. The maximum absolute atomic E-state index is 14.6. The molecule has 2 aliphatic heterocycles. The topological polar surface area (TPSA) is 93.7 Å². The molecule has 190 valence electrons. The molecule has 35 heavy (non-hydrogen) atoms. The zero-order valence-electron chi connectivity index (χ0n) is 20.2. The summed E-state index contributed by atoms with van der Waals surface area (Å²) in [6.07, 6.45) is 10.8. The maximum atomic E-state index is 14.6. The number of rotatable bonds is 6. The number of piperidine rings is 1. The predicted octanol–water partition coefficient (Wildman–Crippen LogP) is 4.01. The lowest BCUT2D eigenvalue weighted by atomic mass is 9.85. The zero-order chi connectivity index (χ0) is 24.6. The van der Waals surface area contributed by atoms with E-state index < -0.39 is 15.7 Å². The molecule has 1 aliphatic carbocycles. The smallest absolute Gasteiger partial charge is 0.221 e. The van der Waals surface area contributed by atoms with E-state index in [1.807, 2.05) is 6.92 Å². The number of aromatic nitrogens is 2. The Morgan fingerprint density at radius 1 is 1.09 bits per heavy atom. The van der Waals surface area contributed by atoms with Gasteiger partial charge in [-0.25, -0.2) is 22.8 Å². The van der Waals surface area contributed by atoms with Crippen molar-refractivity contribution >= 4 is 21.3 Å². The lowest BCUT2D eigenvalue weighted by Crippen LogP contribution is -2.62. The van der Waals surface area contributed by atoms with Gasteiger partial charge in [0.25, 0.3) is 0 Å². The molecule has 0 radical (unpaired) electrons. The van der Waals surface area contributed by atoms with Gasteiger partial charge in [0.15, 0.2) is 9.84 Å². The molecule has 0 spiro atoms. The number of fused-ring (bicyclic) bond motifs is 2. The summed E-state index contributed by atoms with van der Waals surface area (Å²) in [5, 5.41) is 2.96. The number of morpholine rings is 1. The predicted molar refractivity (Wildman–Crippen MR) is 130 cm³/mol. The Labute approximate surface area is 206 Å². The third kappa shape index (κ3) is 5.29. The summed E-state index contributed by atoms with van der Waals surface area (Å²) in [6.45, 7) is 3.32. The number of nitrogens with one attached hydrogen (secondary N) is 1. The minimum absolute atomic E-state index is 0.0287. The fourth-order valence-corrected chi connectivity index (χ4v) is 6.39. The van der Waals surface area contributed by atoms with Gasteiger partial charge >= 0.3 is 0 Å². The van der Waals surface area contributed by atoms with Crippen molar-refractivity contribution in [3.63, 3.8) is 0 Å². The van der Waals surface area contributed by atoms with Gasteiger partial charge in [-0.05, 0) is 38.0 Å². The van der Waals surface area contributed by atoms with Crippen molar-refractivity contribution in [3.8, 4) is 5.88 Å². The lowest BCUT2D eigenvalue weighted by molar-refractivity contribution is -0.122. The molecule has 3 heterocycles. The van der Waals surface area contributed by atoms with Crippen LogP contribution in [0.1, 0.15) is 50.5 Å². The highest BCUT2D eigenvalue weighted by Crippen LogP contribution is 2.37. The first kappa shape index (κ1) is 24.4. The normalized spacial score (nSPS) is 25.9. The Balaban J connectivity index is 1.29. The standard InChI is InChI=1S/C25H33FN4O4S/c1-16-24(29-23-9-8-21(12-22(23)26)35(2,31)32)27-15-28-25(16)34-20-10-18-13-33-14-19(11-20)30(18)17-6-4-3-5-7-17/h8-9,12,15,17-20H,3-7,10-11,13-14H2,1-2H3,(H,27,28,29)/t18-,19?,20?/m1/s1. The van der Waals surface area contributed by atoms with Crippen LogP contribution in [-0.2, 0) is 14.6 Å². The highest BCUT2D eigenvalue weighted by molar-refractivity contribution is 7.90. The van der Waals surface area contributed by atoms with Crippen LogP contribution in [0.15, 0.2) is 29.4 Å². The highest BCUT2D eigenvalue weighted by atomic mass is 32.2. The molecule has 8 nitrogen and oxygen atoms in total. The van der Waals surface area contributed by atoms with Gasteiger partial charge in [-0.1, -0.05) is 19.3 Å². The zero-order valence-corrected chi connectivity index (χ0v) is 21.1. The number of halogens is 1. The third-order valence-electron chi connectivity index (χ3n) is 7.47. The molecule has 2 bridgehead atoms. The second kappa shape index (κ2) is 9.99. The Morgan fingerprint density at radius 2 is 1.80 bits per heavy atom. The van der Waals surface area contributed by atoms with Gasteiger partial charge in [0, 0.05) is 37.2 Å². The van der Waals surface area contributed by atoms with E-state index >= 15 is 0 Å². The minimum atomic E-state index is -3.49. The van der Waals surface area contributed by atoms with Crippen molar-refractivity contribution in [2.75, 3.05) is 24.8 Å². The van der Waals surface area contributed by atoms with E-state index in [4.69, 9.17) is 9.47 Å². The van der Waals surface area contributed by atoms with Gasteiger partial charge in [0.05, 0.1) is 29.4 Å². The number of hydrogen-bond acceptors (Lipinski definition) is 8. The van der Waals surface area contributed by atoms with Crippen molar-refractivity contribution in [2.24, 2.45) is 0 Å². The fraction of sp³-hybridized carbons (Fsp3) is 0.600. The van der Waals surface area contributed by atoms with Crippen LogP contribution in [0.25, 0.3) is 0 Å². The number of anilines is 2. The van der Waals surface area contributed by atoms with Crippen LogP contribution in [0.3, 0.4) is 0 Å². The molecule has 1 aromatic carbocycles. The molecule has 5 rings (SSSR count). The molecule has 2 unspecified atom stereocenters. The molecular weight excluding hydrogens is 471 g/mol. The fourth-order valence-electron chi connectivity index (χ4n) is 5.76. The molecule has 2 saturated heterocycles. The molecule has 3 aliphatic rings. The van der Waals surface area contributed by atoms with Crippen LogP contribution in [0.4, 0.5) is 15.9 Å². The van der Waals surface area contributed by atoms with Gasteiger partial charge in [-0.15, -0.1) is 0 Å². The molecule has 1 aromatic heterocycles. The molecule has 3 fully saturated rings.